The van der Waals surface area contributed by atoms with Gasteiger partial charge in [0.15, 0.2) is 0 Å². The summed E-state index contributed by atoms with van der Waals surface area (Å²) in [6.07, 6.45) is 2.94. The standard InChI is InChI=1S/C17H20N2O4/c1-11-13(10-16(21)22)14-9-12(20)5-6-15(14)19(11)17(23)18-7-3-2-4-8-18/h5-6,9,20H,2-4,7-8,10H2,1H3,(H,21,22). The van der Waals surface area contributed by atoms with Crippen LogP contribution in [0.25, 0.3) is 10.9 Å². The van der Waals surface area contributed by atoms with Crippen LogP contribution < -0.4 is 0 Å². The maximum Gasteiger partial charge on any atom is 0.328 e. The van der Waals surface area contributed by atoms with Crippen LogP contribution in [0.4, 0.5) is 4.79 Å². The first-order chi connectivity index (χ1) is 11.0. The maximum atomic E-state index is 12.9. The van der Waals surface area contributed by atoms with Gasteiger partial charge in [-0.15, -0.1) is 0 Å². The van der Waals surface area contributed by atoms with Crippen molar-refractivity contribution in [3.8, 4) is 5.75 Å². The minimum absolute atomic E-state index is 0.0618. The van der Waals surface area contributed by atoms with Crippen molar-refractivity contribution in [1.82, 2.24) is 9.47 Å². The molecule has 1 aromatic heterocycles. The molecule has 3 rings (SSSR count). The average molecular weight is 316 g/mol. The number of aromatic hydroxyl groups is 1. The number of aliphatic carboxylic acids is 1. The Balaban J connectivity index is 2.14. The van der Waals surface area contributed by atoms with E-state index < -0.39 is 5.97 Å². The number of likely N-dealkylation sites (tertiary alicyclic amines) is 1. The van der Waals surface area contributed by atoms with E-state index in [4.69, 9.17) is 5.11 Å². The van der Waals surface area contributed by atoms with Gasteiger partial charge in [0, 0.05) is 24.2 Å². The number of hydrogen-bond acceptors (Lipinski definition) is 3. The van der Waals surface area contributed by atoms with Crippen LogP contribution in [-0.4, -0.2) is 44.8 Å². The van der Waals surface area contributed by atoms with Crippen LogP contribution in [0.3, 0.4) is 0 Å². The molecule has 122 valence electrons. The smallest absolute Gasteiger partial charge is 0.328 e. The molecule has 0 spiro atoms. The number of amides is 1. The van der Waals surface area contributed by atoms with Crippen molar-refractivity contribution in [1.29, 1.82) is 0 Å². The number of carbonyl (C=O) groups is 2. The summed E-state index contributed by atoms with van der Waals surface area (Å²) in [5, 5.41) is 19.5. The molecule has 2 N–H and O–H groups in total. The first-order valence-corrected chi connectivity index (χ1v) is 7.83. The summed E-state index contributed by atoms with van der Waals surface area (Å²) in [4.78, 5) is 25.9. The van der Waals surface area contributed by atoms with E-state index in [1.54, 1.807) is 17.6 Å². The molecule has 1 aliphatic heterocycles. The molecule has 1 aliphatic rings. The second-order valence-corrected chi connectivity index (χ2v) is 6.00. The van der Waals surface area contributed by atoms with Crippen molar-refractivity contribution in [2.45, 2.75) is 32.6 Å². The summed E-state index contributed by atoms with van der Waals surface area (Å²) in [5.41, 5.74) is 1.85. The number of aromatic nitrogens is 1. The Bertz CT molecular complexity index is 772. The van der Waals surface area contributed by atoms with Crippen molar-refractivity contribution in [3.63, 3.8) is 0 Å². The summed E-state index contributed by atoms with van der Waals surface area (Å²) >= 11 is 0. The average Bonchev–Trinajstić information content (AvgIpc) is 2.79. The summed E-state index contributed by atoms with van der Waals surface area (Å²) in [6, 6.07) is 4.60. The molecule has 2 heterocycles. The molecule has 0 saturated carbocycles. The summed E-state index contributed by atoms with van der Waals surface area (Å²) < 4.78 is 1.58. The first kappa shape index (κ1) is 15.4. The fourth-order valence-corrected chi connectivity index (χ4v) is 3.32. The van der Waals surface area contributed by atoms with E-state index in [1.165, 1.54) is 12.1 Å². The van der Waals surface area contributed by atoms with Gasteiger partial charge in [-0.05, 0) is 49.9 Å². The van der Waals surface area contributed by atoms with Crippen LogP contribution in [0.1, 0.15) is 30.5 Å². The number of hydrogen-bond donors (Lipinski definition) is 2. The van der Waals surface area contributed by atoms with E-state index in [9.17, 15) is 14.7 Å². The molecule has 2 aromatic rings. The van der Waals surface area contributed by atoms with Gasteiger partial charge in [0.25, 0.3) is 0 Å². The monoisotopic (exact) mass is 316 g/mol. The number of rotatable bonds is 2. The lowest BCUT2D eigenvalue weighted by atomic mass is 10.1. The summed E-state index contributed by atoms with van der Waals surface area (Å²) in [7, 11) is 0. The number of phenolic OH excluding ortho intramolecular Hbond substituents is 1. The molecule has 1 fully saturated rings. The highest BCUT2D eigenvalue weighted by Gasteiger charge is 2.25. The Morgan fingerprint density at radius 1 is 1.17 bits per heavy atom. The lowest BCUT2D eigenvalue weighted by molar-refractivity contribution is -0.136. The van der Waals surface area contributed by atoms with E-state index >= 15 is 0 Å². The number of nitrogens with zero attached hydrogens (tertiary/aromatic N) is 2. The van der Waals surface area contributed by atoms with E-state index in [2.05, 4.69) is 0 Å². The fourth-order valence-electron chi connectivity index (χ4n) is 3.32. The predicted molar refractivity (Wildman–Crippen MR) is 85.9 cm³/mol. The van der Waals surface area contributed by atoms with Gasteiger partial charge in [-0.25, -0.2) is 4.79 Å². The zero-order chi connectivity index (χ0) is 16.6. The van der Waals surface area contributed by atoms with Gasteiger partial charge in [-0.3, -0.25) is 9.36 Å². The van der Waals surface area contributed by atoms with E-state index in [-0.39, 0.29) is 18.2 Å². The molecular formula is C17H20N2O4. The lowest BCUT2D eigenvalue weighted by Gasteiger charge is -2.27. The van der Waals surface area contributed by atoms with Crippen LogP contribution in [0.15, 0.2) is 18.2 Å². The molecule has 0 radical (unpaired) electrons. The Labute approximate surface area is 133 Å². The van der Waals surface area contributed by atoms with Crippen LogP contribution >= 0.6 is 0 Å². The number of piperidine rings is 1. The Hall–Kier alpha value is -2.50. The predicted octanol–water partition coefficient (Wildman–Crippen LogP) is 2.74. The molecule has 1 saturated heterocycles. The number of phenols is 1. The van der Waals surface area contributed by atoms with Gasteiger partial charge in [0.1, 0.15) is 5.75 Å². The molecular weight excluding hydrogens is 296 g/mol. The fraction of sp³-hybridized carbons (Fsp3) is 0.412. The molecule has 23 heavy (non-hydrogen) atoms. The Morgan fingerprint density at radius 2 is 1.87 bits per heavy atom. The molecule has 0 aliphatic carbocycles. The molecule has 0 bridgehead atoms. The minimum atomic E-state index is -0.957. The zero-order valence-electron chi connectivity index (χ0n) is 13.1. The van der Waals surface area contributed by atoms with Gasteiger partial charge in [0.05, 0.1) is 11.9 Å². The zero-order valence-corrected chi connectivity index (χ0v) is 13.1. The van der Waals surface area contributed by atoms with Crippen molar-refractivity contribution in [3.05, 3.63) is 29.5 Å². The highest BCUT2D eigenvalue weighted by molar-refractivity contribution is 5.97. The third kappa shape index (κ3) is 2.76. The van der Waals surface area contributed by atoms with E-state index in [0.29, 0.717) is 22.2 Å². The Morgan fingerprint density at radius 3 is 2.52 bits per heavy atom. The minimum Gasteiger partial charge on any atom is -0.508 e. The van der Waals surface area contributed by atoms with Gasteiger partial charge >= 0.3 is 12.0 Å². The summed E-state index contributed by atoms with van der Waals surface area (Å²) in [5.74, 6) is -0.896. The topological polar surface area (TPSA) is 82.8 Å². The molecule has 6 heteroatoms. The van der Waals surface area contributed by atoms with Crippen molar-refractivity contribution < 1.29 is 19.8 Å². The largest absolute Gasteiger partial charge is 0.508 e. The summed E-state index contributed by atoms with van der Waals surface area (Å²) in [6.45, 7) is 3.21. The molecule has 1 aromatic carbocycles. The maximum absolute atomic E-state index is 12.9. The van der Waals surface area contributed by atoms with Crippen LogP contribution in [0.5, 0.6) is 5.75 Å². The van der Waals surface area contributed by atoms with Crippen LogP contribution in [0, 0.1) is 6.92 Å². The third-order valence-corrected chi connectivity index (χ3v) is 4.46. The van der Waals surface area contributed by atoms with Gasteiger partial charge in [-0.2, -0.15) is 0 Å². The number of fused-ring (bicyclic) bond motifs is 1. The van der Waals surface area contributed by atoms with Gasteiger partial charge in [-0.1, -0.05) is 0 Å². The third-order valence-electron chi connectivity index (χ3n) is 4.46. The number of carboxylic acids is 1. The number of carbonyl (C=O) groups excluding carboxylic acids is 1. The highest BCUT2D eigenvalue weighted by Crippen LogP contribution is 2.30. The number of carboxylic acid groups (broad SMARTS) is 1. The lowest BCUT2D eigenvalue weighted by Crippen LogP contribution is -2.38. The second kappa shape index (κ2) is 5.95. The second-order valence-electron chi connectivity index (χ2n) is 6.00. The normalized spacial score (nSPS) is 15.1. The SMILES string of the molecule is Cc1c(CC(=O)O)c2cc(O)ccc2n1C(=O)N1CCCCC1. The van der Waals surface area contributed by atoms with Crippen LogP contribution in [0.2, 0.25) is 0 Å². The van der Waals surface area contributed by atoms with Gasteiger partial charge < -0.3 is 15.1 Å². The van der Waals surface area contributed by atoms with E-state index in [0.717, 1.165) is 32.4 Å². The quantitative estimate of drug-likeness (QED) is 0.892. The molecule has 0 unspecified atom stereocenters. The van der Waals surface area contributed by atoms with Crippen molar-refractivity contribution >= 4 is 22.9 Å². The highest BCUT2D eigenvalue weighted by atomic mass is 16.4. The van der Waals surface area contributed by atoms with Gasteiger partial charge in [0.2, 0.25) is 0 Å². The molecule has 6 nitrogen and oxygen atoms in total. The first-order valence-electron chi connectivity index (χ1n) is 7.83. The van der Waals surface area contributed by atoms with Crippen LogP contribution in [-0.2, 0) is 11.2 Å². The van der Waals surface area contributed by atoms with Crippen molar-refractivity contribution in [2.24, 2.45) is 0 Å². The molecule has 1 amide bonds. The number of benzene rings is 1. The Kier molecular flexibility index (Phi) is 3.98. The van der Waals surface area contributed by atoms with E-state index in [1.807, 2.05) is 4.90 Å². The molecule has 0 atom stereocenters. The van der Waals surface area contributed by atoms with Crippen molar-refractivity contribution in [2.75, 3.05) is 13.1 Å².